The van der Waals surface area contributed by atoms with E-state index >= 15 is 0 Å². The SMILES string of the molecule is CCOC(=O)NC(CNC(=O)c1ccc(OCc2cscn2)c(OC)c1)CC(C)C. The molecule has 2 aromatic rings. The van der Waals surface area contributed by atoms with Gasteiger partial charge in [-0.3, -0.25) is 4.79 Å². The number of hydrogen-bond donors (Lipinski definition) is 2. The van der Waals surface area contributed by atoms with E-state index in [0.29, 0.717) is 49.2 Å². The highest BCUT2D eigenvalue weighted by molar-refractivity contribution is 7.07. The van der Waals surface area contributed by atoms with Crippen molar-refractivity contribution in [3.63, 3.8) is 0 Å². The van der Waals surface area contributed by atoms with Crippen molar-refractivity contribution < 1.29 is 23.8 Å². The molecule has 9 heteroatoms. The van der Waals surface area contributed by atoms with Gasteiger partial charge in [0, 0.05) is 23.5 Å². The lowest BCUT2D eigenvalue weighted by atomic mass is 10.0. The van der Waals surface area contributed by atoms with Crippen LogP contribution in [0.25, 0.3) is 0 Å². The van der Waals surface area contributed by atoms with E-state index in [4.69, 9.17) is 14.2 Å². The average Bonchev–Trinajstić information content (AvgIpc) is 3.23. The summed E-state index contributed by atoms with van der Waals surface area (Å²) in [5, 5.41) is 7.56. The lowest BCUT2D eigenvalue weighted by Crippen LogP contribution is -2.44. The Morgan fingerprint density at radius 2 is 2.03 bits per heavy atom. The van der Waals surface area contributed by atoms with Crippen molar-refractivity contribution in [2.24, 2.45) is 5.92 Å². The Morgan fingerprint density at radius 1 is 1.23 bits per heavy atom. The van der Waals surface area contributed by atoms with Gasteiger partial charge >= 0.3 is 6.09 Å². The molecule has 1 aromatic heterocycles. The quantitative estimate of drug-likeness (QED) is 0.559. The van der Waals surface area contributed by atoms with Gasteiger partial charge in [0.25, 0.3) is 5.91 Å². The van der Waals surface area contributed by atoms with Crippen molar-refractivity contribution in [3.05, 3.63) is 40.3 Å². The predicted octanol–water partition coefficient (Wildman–Crippen LogP) is 3.62. The molecule has 0 bridgehead atoms. The second kappa shape index (κ2) is 12.0. The maximum absolute atomic E-state index is 12.6. The molecular formula is C21H29N3O5S. The molecule has 0 spiro atoms. The molecule has 0 aliphatic heterocycles. The van der Waals surface area contributed by atoms with Crippen LogP contribution in [-0.2, 0) is 11.3 Å². The number of nitrogens with zero attached hydrogens (tertiary/aromatic N) is 1. The molecule has 1 atom stereocenters. The lowest BCUT2D eigenvalue weighted by molar-refractivity contribution is 0.0944. The molecule has 2 amide bonds. The molecule has 0 fully saturated rings. The summed E-state index contributed by atoms with van der Waals surface area (Å²) in [7, 11) is 1.52. The van der Waals surface area contributed by atoms with Crippen LogP contribution in [-0.4, -0.2) is 43.3 Å². The molecule has 0 aliphatic rings. The lowest BCUT2D eigenvalue weighted by Gasteiger charge is -2.21. The van der Waals surface area contributed by atoms with E-state index in [-0.39, 0.29) is 11.9 Å². The molecule has 1 aromatic carbocycles. The minimum atomic E-state index is -0.485. The monoisotopic (exact) mass is 435 g/mol. The number of amides is 2. The van der Waals surface area contributed by atoms with E-state index in [1.165, 1.54) is 18.4 Å². The summed E-state index contributed by atoms with van der Waals surface area (Å²) in [5.41, 5.74) is 3.01. The van der Waals surface area contributed by atoms with Gasteiger partial charge in [-0.1, -0.05) is 13.8 Å². The number of aromatic nitrogens is 1. The van der Waals surface area contributed by atoms with Gasteiger partial charge in [0.2, 0.25) is 0 Å². The fourth-order valence-corrected chi connectivity index (χ4v) is 3.35. The minimum absolute atomic E-state index is 0.226. The molecule has 0 saturated heterocycles. The maximum atomic E-state index is 12.6. The number of hydrogen-bond acceptors (Lipinski definition) is 7. The number of carbonyl (C=O) groups is 2. The molecule has 0 aliphatic carbocycles. The average molecular weight is 436 g/mol. The van der Waals surface area contributed by atoms with E-state index in [9.17, 15) is 9.59 Å². The van der Waals surface area contributed by atoms with Crippen molar-refractivity contribution in [1.29, 1.82) is 0 Å². The summed E-state index contributed by atoms with van der Waals surface area (Å²) >= 11 is 1.50. The smallest absolute Gasteiger partial charge is 0.407 e. The fourth-order valence-electron chi connectivity index (χ4n) is 2.81. The highest BCUT2D eigenvalue weighted by Gasteiger charge is 2.17. The first kappa shape index (κ1) is 23.5. The number of ether oxygens (including phenoxy) is 3. The van der Waals surface area contributed by atoms with Crippen LogP contribution in [0.1, 0.15) is 43.2 Å². The number of thiazole rings is 1. The second-order valence-corrected chi connectivity index (χ2v) is 7.75. The van der Waals surface area contributed by atoms with Gasteiger partial charge in [-0.2, -0.15) is 0 Å². The van der Waals surface area contributed by atoms with E-state index in [1.807, 2.05) is 5.38 Å². The van der Waals surface area contributed by atoms with E-state index in [2.05, 4.69) is 29.5 Å². The van der Waals surface area contributed by atoms with Crippen LogP contribution in [0.15, 0.2) is 29.1 Å². The number of carbonyl (C=O) groups excluding carboxylic acids is 2. The first-order chi connectivity index (χ1) is 14.4. The van der Waals surface area contributed by atoms with Crippen molar-refractivity contribution in [2.45, 2.75) is 39.8 Å². The molecule has 2 rings (SSSR count). The Kier molecular flexibility index (Phi) is 9.40. The molecule has 30 heavy (non-hydrogen) atoms. The fraction of sp³-hybridized carbons (Fsp3) is 0.476. The molecule has 8 nitrogen and oxygen atoms in total. The number of benzene rings is 1. The Labute approximate surface area is 180 Å². The standard InChI is InChI=1S/C21H29N3O5S/c1-5-28-21(26)24-16(8-14(2)3)10-22-20(25)15-6-7-18(19(9-15)27-4)29-11-17-12-30-13-23-17/h6-7,9,12-14,16H,5,8,10-11H2,1-4H3,(H,22,25)(H,24,26). The summed E-state index contributed by atoms with van der Waals surface area (Å²) < 4.78 is 16.1. The molecular weight excluding hydrogens is 406 g/mol. The number of nitrogens with one attached hydrogen (secondary N) is 2. The predicted molar refractivity (Wildman–Crippen MR) is 115 cm³/mol. The summed E-state index contributed by atoms with van der Waals surface area (Å²) in [6.45, 7) is 6.76. The van der Waals surface area contributed by atoms with Crippen LogP contribution in [0.4, 0.5) is 4.79 Å². The van der Waals surface area contributed by atoms with Crippen LogP contribution in [0, 0.1) is 5.92 Å². The third-order valence-electron chi connectivity index (χ3n) is 4.15. The first-order valence-corrected chi connectivity index (χ1v) is 10.8. The largest absolute Gasteiger partial charge is 0.493 e. The third-order valence-corrected chi connectivity index (χ3v) is 4.78. The zero-order chi connectivity index (χ0) is 21.9. The van der Waals surface area contributed by atoms with Gasteiger partial charge < -0.3 is 24.8 Å². The van der Waals surface area contributed by atoms with Crippen LogP contribution < -0.4 is 20.1 Å². The number of methoxy groups -OCH3 is 1. The molecule has 164 valence electrons. The van der Waals surface area contributed by atoms with E-state index in [1.54, 1.807) is 30.6 Å². The van der Waals surface area contributed by atoms with Crippen molar-refractivity contribution in [2.75, 3.05) is 20.3 Å². The van der Waals surface area contributed by atoms with Crippen LogP contribution in [0.3, 0.4) is 0 Å². The summed E-state index contributed by atoms with van der Waals surface area (Å²) in [4.78, 5) is 28.5. The van der Waals surface area contributed by atoms with Gasteiger partial charge in [-0.15, -0.1) is 11.3 Å². The van der Waals surface area contributed by atoms with Crippen LogP contribution in [0.2, 0.25) is 0 Å². The number of rotatable bonds is 11. The van der Waals surface area contributed by atoms with Crippen molar-refractivity contribution in [1.82, 2.24) is 15.6 Å². The Hall–Kier alpha value is -2.81. The van der Waals surface area contributed by atoms with Gasteiger partial charge in [0.1, 0.15) is 6.61 Å². The highest BCUT2D eigenvalue weighted by atomic mass is 32.1. The van der Waals surface area contributed by atoms with Gasteiger partial charge in [-0.25, -0.2) is 9.78 Å². The molecule has 1 heterocycles. The molecule has 0 saturated carbocycles. The topological polar surface area (TPSA) is 98.8 Å². The van der Waals surface area contributed by atoms with Gasteiger partial charge in [0.05, 0.1) is 24.9 Å². The Bertz CT molecular complexity index is 811. The first-order valence-electron chi connectivity index (χ1n) is 9.82. The second-order valence-electron chi connectivity index (χ2n) is 7.04. The van der Waals surface area contributed by atoms with Crippen molar-refractivity contribution in [3.8, 4) is 11.5 Å². The van der Waals surface area contributed by atoms with Crippen LogP contribution >= 0.6 is 11.3 Å². The normalized spacial score (nSPS) is 11.6. The van der Waals surface area contributed by atoms with E-state index < -0.39 is 6.09 Å². The van der Waals surface area contributed by atoms with Gasteiger partial charge in [0.15, 0.2) is 11.5 Å². The highest BCUT2D eigenvalue weighted by Crippen LogP contribution is 2.28. The maximum Gasteiger partial charge on any atom is 0.407 e. The Morgan fingerprint density at radius 3 is 2.67 bits per heavy atom. The number of alkyl carbamates (subject to hydrolysis) is 1. The van der Waals surface area contributed by atoms with E-state index in [0.717, 1.165) is 5.69 Å². The summed E-state index contributed by atoms with van der Waals surface area (Å²) in [6.07, 6.45) is 0.229. The zero-order valence-electron chi connectivity index (χ0n) is 17.8. The van der Waals surface area contributed by atoms with Crippen molar-refractivity contribution >= 4 is 23.3 Å². The summed E-state index contributed by atoms with van der Waals surface area (Å²) in [6, 6.07) is 4.77. The Balaban J connectivity index is 1.97. The zero-order valence-corrected chi connectivity index (χ0v) is 18.6. The minimum Gasteiger partial charge on any atom is -0.493 e. The summed E-state index contributed by atoms with van der Waals surface area (Å²) in [5.74, 6) is 1.08. The third kappa shape index (κ3) is 7.55. The van der Waals surface area contributed by atoms with Crippen LogP contribution in [0.5, 0.6) is 11.5 Å². The molecule has 0 radical (unpaired) electrons. The molecule has 2 N–H and O–H groups in total. The molecule has 1 unspecified atom stereocenters. The van der Waals surface area contributed by atoms with Gasteiger partial charge in [-0.05, 0) is 37.5 Å².